The van der Waals surface area contributed by atoms with Crippen LogP contribution in [0, 0.1) is 0 Å². The fraction of sp³-hybridized carbons (Fsp3) is 0.263. The normalized spacial score (nSPS) is 16.5. The summed E-state index contributed by atoms with van der Waals surface area (Å²) in [6, 6.07) is 9.05. The number of hydrogen-bond acceptors (Lipinski definition) is 6. The summed E-state index contributed by atoms with van der Waals surface area (Å²) in [7, 11) is 0. The molecule has 1 atom stereocenters. The first kappa shape index (κ1) is 18.5. The lowest BCUT2D eigenvalue weighted by Gasteiger charge is -2.16. The Morgan fingerprint density at radius 3 is 2.56 bits per heavy atom. The molecule has 1 aliphatic rings. The van der Waals surface area contributed by atoms with Crippen molar-refractivity contribution in [3.8, 4) is 5.75 Å². The highest BCUT2D eigenvalue weighted by Gasteiger charge is 2.39. The second-order valence-corrected chi connectivity index (χ2v) is 6.00. The molecule has 0 saturated carbocycles. The Morgan fingerprint density at radius 1 is 1.19 bits per heavy atom. The molecule has 1 aromatic heterocycles. The Kier molecular flexibility index (Phi) is 5.77. The van der Waals surface area contributed by atoms with Crippen LogP contribution in [0.5, 0.6) is 5.75 Å². The van der Waals surface area contributed by atoms with Crippen LogP contribution in [-0.2, 0) is 9.59 Å². The molecule has 8 nitrogen and oxygen atoms in total. The second-order valence-electron chi connectivity index (χ2n) is 6.00. The SMILES string of the molecule is CCCOc1ccc(N2C(=O)CC(NNC(=O)c3ccncc3)C2=O)cc1. The first-order valence-electron chi connectivity index (χ1n) is 8.65. The summed E-state index contributed by atoms with van der Waals surface area (Å²) in [4.78, 5) is 41.8. The molecule has 140 valence electrons. The van der Waals surface area contributed by atoms with Gasteiger partial charge in [-0.05, 0) is 42.8 Å². The number of rotatable bonds is 7. The fourth-order valence-electron chi connectivity index (χ4n) is 2.66. The molecular weight excluding hydrogens is 348 g/mol. The van der Waals surface area contributed by atoms with E-state index in [0.717, 1.165) is 11.3 Å². The van der Waals surface area contributed by atoms with Gasteiger partial charge in [0, 0.05) is 18.0 Å². The van der Waals surface area contributed by atoms with E-state index in [1.807, 2.05) is 6.92 Å². The smallest absolute Gasteiger partial charge is 0.265 e. The van der Waals surface area contributed by atoms with Gasteiger partial charge in [0.15, 0.2) is 0 Å². The van der Waals surface area contributed by atoms with E-state index in [1.165, 1.54) is 12.4 Å². The van der Waals surface area contributed by atoms with E-state index in [1.54, 1.807) is 36.4 Å². The third kappa shape index (κ3) is 4.29. The first-order chi connectivity index (χ1) is 13.1. The number of hydrogen-bond donors (Lipinski definition) is 2. The quantitative estimate of drug-likeness (QED) is 0.567. The predicted octanol–water partition coefficient (Wildman–Crippen LogP) is 1.44. The Morgan fingerprint density at radius 2 is 1.89 bits per heavy atom. The van der Waals surface area contributed by atoms with Crippen molar-refractivity contribution in [1.82, 2.24) is 15.8 Å². The van der Waals surface area contributed by atoms with Gasteiger partial charge in [-0.25, -0.2) is 10.3 Å². The summed E-state index contributed by atoms with van der Waals surface area (Å²) in [6.07, 6.45) is 3.84. The summed E-state index contributed by atoms with van der Waals surface area (Å²) in [5.41, 5.74) is 5.97. The Hall–Kier alpha value is -3.26. The zero-order valence-electron chi connectivity index (χ0n) is 14.8. The standard InChI is InChI=1S/C19H20N4O4/c1-2-11-27-15-5-3-14(4-6-15)23-17(24)12-16(19(23)26)21-22-18(25)13-7-9-20-10-8-13/h3-10,16,21H,2,11-12H2,1H3,(H,22,25). The number of aromatic nitrogens is 1. The average molecular weight is 368 g/mol. The zero-order valence-corrected chi connectivity index (χ0v) is 14.8. The van der Waals surface area contributed by atoms with E-state index >= 15 is 0 Å². The summed E-state index contributed by atoms with van der Waals surface area (Å²) < 4.78 is 5.50. The van der Waals surface area contributed by atoms with Crippen LogP contribution in [0.2, 0.25) is 0 Å². The van der Waals surface area contributed by atoms with E-state index in [2.05, 4.69) is 15.8 Å². The molecule has 1 aromatic carbocycles. The van der Waals surface area contributed by atoms with Crippen molar-refractivity contribution in [2.75, 3.05) is 11.5 Å². The molecule has 0 spiro atoms. The fourth-order valence-corrected chi connectivity index (χ4v) is 2.66. The van der Waals surface area contributed by atoms with E-state index in [0.29, 0.717) is 23.6 Å². The molecule has 2 aromatic rings. The first-order valence-corrected chi connectivity index (χ1v) is 8.65. The molecule has 3 amide bonds. The van der Waals surface area contributed by atoms with Crippen LogP contribution in [0.15, 0.2) is 48.8 Å². The van der Waals surface area contributed by atoms with Crippen molar-refractivity contribution in [3.05, 3.63) is 54.4 Å². The van der Waals surface area contributed by atoms with Crippen LogP contribution in [-0.4, -0.2) is 35.4 Å². The molecule has 2 N–H and O–H groups in total. The molecule has 0 bridgehead atoms. The minimum Gasteiger partial charge on any atom is -0.494 e. The van der Waals surface area contributed by atoms with Crippen LogP contribution >= 0.6 is 0 Å². The third-order valence-electron chi connectivity index (χ3n) is 4.02. The molecule has 1 saturated heterocycles. The number of anilines is 1. The van der Waals surface area contributed by atoms with Gasteiger partial charge in [-0.3, -0.25) is 24.8 Å². The van der Waals surface area contributed by atoms with Crippen LogP contribution in [0.25, 0.3) is 0 Å². The predicted molar refractivity (Wildman–Crippen MR) is 98.0 cm³/mol. The van der Waals surface area contributed by atoms with Crippen molar-refractivity contribution >= 4 is 23.4 Å². The molecule has 1 aliphatic heterocycles. The van der Waals surface area contributed by atoms with Gasteiger partial charge in [0.1, 0.15) is 11.8 Å². The van der Waals surface area contributed by atoms with Gasteiger partial charge in [-0.15, -0.1) is 0 Å². The number of nitrogens with zero attached hydrogens (tertiary/aromatic N) is 2. The highest BCUT2D eigenvalue weighted by molar-refractivity contribution is 6.22. The molecule has 27 heavy (non-hydrogen) atoms. The molecule has 8 heteroatoms. The third-order valence-corrected chi connectivity index (χ3v) is 4.02. The van der Waals surface area contributed by atoms with Gasteiger partial charge < -0.3 is 4.74 Å². The minimum absolute atomic E-state index is 0.0382. The summed E-state index contributed by atoms with van der Waals surface area (Å²) >= 11 is 0. The lowest BCUT2D eigenvalue weighted by molar-refractivity contribution is -0.121. The van der Waals surface area contributed by atoms with Gasteiger partial charge in [0.05, 0.1) is 18.7 Å². The lowest BCUT2D eigenvalue weighted by Crippen LogP contribution is -2.48. The maximum atomic E-state index is 12.6. The highest BCUT2D eigenvalue weighted by atomic mass is 16.5. The van der Waals surface area contributed by atoms with Crippen molar-refractivity contribution in [3.63, 3.8) is 0 Å². The Labute approximate surface area is 156 Å². The lowest BCUT2D eigenvalue weighted by atomic mass is 10.2. The van der Waals surface area contributed by atoms with E-state index in [-0.39, 0.29) is 12.3 Å². The number of ether oxygens (including phenoxy) is 1. The van der Waals surface area contributed by atoms with Gasteiger partial charge >= 0.3 is 0 Å². The molecule has 2 heterocycles. The number of carbonyl (C=O) groups excluding carboxylic acids is 3. The van der Waals surface area contributed by atoms with Crippen LogP contribution in [0.1, 0.15) is 30.1 Å². The van der Waals surface area contributed by atoms with Gasteiger partial charge in [0.2, 0.25) is 5.91 Å². The maximum Gasteiger partial charge on any atom is 0.265 e. The number of amides is 3. The molecule has 0 radical (unpaired) electrons. The van der Waals surface area contributed by atoms with Crippen molar-refractivity contribution in [2.24, 2.45) is 0 Å². The van der Waals surface area contributed by atoms with Crippen LogP contribution < -0.4 is 20.5 Å². The topological polar surface area (TPSA) is 101 Å². The summed E-state index contributed by atoms with van der Waals surface area (Å²) in [5, 5.41) is 0. The molecule has 0 aliphatic carbocycles. The van der Waals surface area contributed by atoms with Crippen LogP contribution in [0.4, 0.5) is 5.69 Å². The summed E-state index contributed by atoms with van der Waals surface area (Å²) in [5.74, 6) is -0.484. The zero-order chi connectivity index (χ0) is 19.2. The number of benzene rings is 1. The number of pyridine rings is 1. The van der Waals surface area contributed by atoms with Crippen molar-refractivity contribution in [2.45, 2.75) is 25.8 Å². The van der Waals surface area contributed by atoms with E-state index in [4.69, 9.17) is 4.74 Å². The van der Waals surface area contributed by atoms with Gasteiger partial charge in [-0.2, -0.15) is 0 Å². The van der Waals surface area contributed by atoms with Crippen molar-refractivity contribution < 1.29 is 19.1 Å². The minimum atomic E-state index is -0.820. The average Bonchev–Trinajstić information content (AvgIpc) is 2.99. The molecule has 1 fully saturated rings. The summed E-state index contributed by atoms with van der Waals surface area (Å²) in [6.45, 7) is 2.61. The Balaban J connectivity index is 1.62. The molecule has 1 unspecified atom stereocenters. The van der Waals surface area contributed by atoms with Gasteiger partial charge in [0.25, 0.3) is 11.8 Å². The second kappa shape index (κ2) is 8.41. The maximum absolute atomic E-state index is 12.6. The Bertz CT molecular complexity index is 823. The van der Waals surface area contributed by atoms with E-state index in [9.17, 15) is 14.4 Å². The largest absolute Gasteiger partial charge is 0.494 e. The number of imide groups is 1. The molecule has 3 rings (SSSR count). The monoisotopic (exact) mass is 368 g/mol. The van der Waals surface area contributed by atoms with Crippen molar-refractivity contribution in [1.29, 1.82) is 0 Å². The van der Waals surface area contributed by atoms with E-state index < -0.39 is 17.9 Å². The molecular formula is C19H20N4O4. The highest BCUT2D eigenvalue weighted by Crippen LogP contribution is 2.25. The van der Waals surface area contributed by atoms with Crippen LogP contribution in [0.3, 0.4) is 0 Å². The number of nitrogens with one attached hydrogen (secondary N) is 2. The number of carbonyl (C=O) groups is 3. The number of hydrazine groups is 1. The van der Waals surface area contributed by atoms with Gasteiger partial charge in [-0.1, -0.05) is 6.92 Å².